The van der Waals surface area contributed by atoms with Gasteiger partial charge in [-0.3, -0.25) is 0 Å². The molecule has 2 heterocycles. The van der Waals surface area contributed by atoms with Crippen molar-refractivity contribution in [1.29, 1.82) is 0 Å². The van der Waals surface area contributed by atoms with Gasteiger partial charge in [-0.05, 0) is 14.1 Å². The van der Waals surface area contributed by atoms with E-state index in [1.165, 1.54) is 0 Å². The van der Waals surface area contributed by atoms with E-state index in [2.05, 4.69) is 33.9 Å². The van der Waals surface area contributed by atoms with Crippen LogP contribution in [0.3, 0.4) is 0 Å². The summed E-state index contributed by atoms with van der Waals surface area (Å²) in [6.07, 6.45) is 2.80. The smallest absolute Gasteiger partial charge is 0.107 e. The van der Waals surface area contributed by atoms with Gasteiger partial charge < -0.3 is 14.8 Å². The second kappa shape index (κ2) is 5.17. The Morgan fingerprint density at radius 3 is 3.00 bits per heavy atom. The number of halogens is 1. The van der Waals surface area contributed by atoms with Crippen LogP contribution < -0.4 is 0 Å². The first kappa shape index (κ1) is 11.9. The van der Waals surface area contributed by atoms with E-state index in [1.54, 1.807) is 0 Å². The largest absolute Gasteiger partial charge is 0.345 e. The Morgan fingerprint density at radius 1 is 1.50 bits per heavy atom. The van der Waals surface area contributed by atoms with Gasteiger partial charge in [0.1, 0.15) is 5.82 Å². The van der Waals surface area contributed by atoms with Crippen LogP contribution in [0.5, 0.6) is 0 Å². The molecule has 5 heteroatoms. The monoisotopic (exact) mass is 242 g/mol. The lowest BCUT2D eigenvalue weighted by molar-refractivity contribution is 0.113. The summed E-state index contributed by atoms with van der Waals surface area (Å²) >= 11 is 5.74. The highest BCUT2D eigenvalue weighted by Crippen LogP contribution is 2.11. The second-order valence-electron chi connectivity index (χ2n) is 4.59. The normalized spacial score (nSPS) is 23.8. The van der Waals surface area contributed by atoms with Crippen molar-refractivity contribution >= 4 is 11.6 Å². The minimum atomic E-state index is 0.507. The third-order valence-electron chi connectivity index (χ3n) is 3.23. The van der Waals surface area contributed by atoms with E-state index < -0.39 is 0 Å². The molecule has 0 aliphatic carbocycles. The van der Waals surface area contributed by atoms with E-state index in [9.17, 15) is 0 Å². The Hall–Kier alpha value is -0.580. The fourth-order valence-electron chi connectivity index (χ4n) is 2.12. The van der Waals surface area contributed by atoms with Gasteiger partial charge in [0.05, 0.1) is 5.88 Å². The summed E-state index contributed by atoms with van der Waals surface area (Å²) in [5, 5.41) is 0. The molecule has 0 saturated carbocycles. The third kappa shape index (κ3) is 2.75. The van der Waals surface area contributed by atoms with E-state index in [0.29, 0.717) is 11.9 Å². The van der Waals surface area contributed by atoms with Gasteiger partial charge in [-0.25, -0.2) is 4.98 Å². The average Bonchev–Trinajstić information content (AvgIpc) is 2.71. The van der Waals surface area contributed by atoms with Crippen molar-refractivity contribution in [2.24, 2.45) is 0 Å². The Balaban J connectivity index is 1.97. The summed E-state index contributed by atoms with van der Waals surface area (Å²) in [7, 11) is 4.36. The van der Waals surface area contributed by atoms with E-state index in [-0.39, 0.29) is 0 Å². The molecule has 1 unspecified atom stereocenters. The standard InChI is InChI=1S/C11H19ClN4/c1-15-3-4-16(2)10(8-15)5-11-13-7-9(6-12)14-11/h7,10H,3-6,8H2,1-2H3,(H,13,14). The first-order valence-corrected chi connectivity index (χ1v) is 6.20. The van der Waals surface area contributed by atoms with Gasteiger partial charge in [-0.2, -0.15) is 0 Å². The molecule has 90 valence electrons. The molecule has 1 aliphatic heterocycles. The minimum Gasteiger partial charge on any atom is -0.345 e. The highest BCUT2D eigenvalue weighted by molar-refractivity contribution is 6.16. The van der Waals surface area contributed by atoms with Crippen LogP contribution in [0.4, 0.5) is 0 Å². The highest BCUT2D eigenvalue weighted by atomic mass is 35.5. The van der Waals surface area contributed by atoms with Crippen LogP contribution in [0, 0.1) is 0 Å². The van der Waals surface area contributed by atoms with Gasteiger partial charge in [-0.15, -0.1) is 11.6 Å². The SMILES string of the molecule is CN1CCN(C)C(Cc2ncc(CCl)[nH]2)C1. The molecular formula is C11H19ClN4. The summed E-state index contributed by atoms with van der Waals surface area (Å²) in [5.41, 5.74) is 1.00. The summed E-state index contributed by atoms with van der Waals surface area (Å²) in [5.74, 6) is 1.55. The summed E-state index contributed by atoms with van der Waals surface area (Å²) in [6, 6.07) is 0.549. The molecule has 1 aromatic heterocycles. The lowest BCUT2D eigenvalue weighted by atomic mass is 10.1. The first-order chi connectivity index (χ1) is 7.69. The Kier molecular flexibility index (Phi) is 3.84. The number of nitrogens with one attached hydrogen (secondary N) is 1. The molecule has 4 nitrogen and oxygen atoms in total. The van der Waals surface area contributed by atoms with Crippen molar-refractivity contribution < 1.29 is 0 Å². The maximum Gasteiger partial charge on any atom is 0.107 e. The first-order valence-electron chi connectivity index (χ1n) is 5.66. The topological polar surface area (TPSA) is 35.2 Å². The minimum absolute atomic E-state index is 0.507. The molecule has 2 rings (SSSR count). The molecular weight excluding hydrogens is 224 g/mol. The van der Waals surface area contributed by atoms with E-state index >= 15 is 0 Å². The number of aromatic nitrogens is 2. The van der Waals surface area contributed by atoms with Crippen molar-refractivity contribution in [2.45, 2.75) is 18.3 Å². The van der Waals surface area contributed by atoms with Crippen LogP contribution in [0.1, 0.15) is 11.5 Å². The summed E-state index contributed by atoms with van der Waals surface area (Å²) < 4.78 is 0. The molecule has 1 aliphatic rings. The Bertz CT molecular complexity index is 338. The number of H-pyrrole nitrogens is 1. The predicted octanol–water partition coefficient (Wildman–Crippen LogP) is 0.937. The van der Waals surface area contributed by atoms with E-state index in [1.807, 2.05) is 6.20 Å². The average molecular weight is 243 g/mol. The number of piperazine rings is 1. The number of rotatable bonds is 3. The maximum atomic E-state index is 5.74. The molecule has 0 spiro atoms. The van der Waals surface area contributed by atoms with Crippen molar-refractivity contribution in [1.82, 2.24) is 19.8 Å². The second-order valence-corrected chi connectivity index (χ2v) is 4.86. The molecule has 0 bridgehead atoms. The van der Waals surface area contributed by atoms with Crippen molar-refractivity contribution in [2.75, 3.05) is 33.7 Å². The molecule has 0 amide bonds. The van der Waals surface area contributed by atoms with Gasteiger partial charge in [0, 0.05) is 44.0 Å². The zero-order valence-corrected chi connectivity index (χ0v) is 10.7. The number of nitrogens with zero attached hydrogens (tertiary/aromatic N) is 3. The molecule has 0 radical (unpaired) electrons. The molecule has 1 fully saturated rings. The van der Waals surface area contributed by atoms with E-state index in [4.69, 9.17) is 11.6 Å². The maximum absolute atomic E-state index is 5.74. The van der Waals surface area contributed by atoms with Crippen LogP contribution >= 0.6 is 11.6 Å². The van der Waals surface area contributed by atoms with Crippen molar-refractivity contribution in [3.05, 3.63) is 17.7 Å². The highest BCUT2D eigenvalue weighted by Gasteiger charge is 2.23. The molecule has 1 N–H and O–H groups in total. The van der Waals surface area contributed by atoms with Gasteiger partial charge in [0.15, 0.2) is 0 Å². The van der Waals surface area contributed by atoms with Crippen molar-refractivity contribution in [3.8, 4) is 0 Å². The van der Waals surface area contributed by atoms with Crippen LogP contribution in [0.15, 0.2) is 6.20 Å². The quantitative estimate of drug-likeness (QED) is 0.802. The molecule has 16 heavy (non-hydrogen) atoms. The molecule has 0 aromatic carbocycles. The van der Waals surface area contributed by atoms with Crippen LogP contribution in [0.25, 0.3) is 0 Å². The van der Waals surface area contributed by atoms with Gasteiger partial charge in [-0.1, -0.05) is 0 Å². The zero-order chi connectivity index (χ0) is 11.5. The Morgan fingerprint density at radius 2 is 2.31 bits per heavy atom. The third-order valence-corrected chi connectivity index (χ3v) is 3.52. The molecule has 1 saturated heterocycles. The number of likely N-dealkylation sites (N-methyl/N-ethyl adjacent to an activating group) is 2. The van der Waals surface area contributed by atoms with Crippen LogP contribution in [-0.2, 0) is 12.3 Å². The fourth-order valence-corrected chi connectivity index (χ4v) is 2.26. The van der Waals surface area contributed by atoms with Gasteiger partial charge in [0.25, 0.3) is 0 Å². The number of hydrogen-bond donors (Lipinski definition) is 1. The number of alkyl halides is 1. The Labute approximate surface area is 102 Å². The van der Waals surface area contributed by atoms with E-state index in [0.717, 1.165) is 37.6 Å². The summed E-state index contributed by atoms with van der Waals surface area (Å²) in [4.78, 5) is 12.4. The predicted molar refractivity (Wildman–Crippen MR) is 65.8 cm³/mol. The summed E-state index contributed by atoms with van der Waals surface area (Å²) in [6.45, 7) is 3.38. The van der Waals surface area contributed by atoms with Crippen molar-refractivity contribution in [3.63, 3.8) is 0 Å². The zero-order valence-electron chi connectivity index (χ0n) is 9.91. The number of hydrogen-bond acceptors (Lipinski definition) is 3. The number of aromatic amines is 1. The molecule has 1 atom stereocenters. The lowest BCUT2D eigenvalue weighted by Gasteiger charge is -2.37. The molecule has 1 aromatic rings. The lowest BCUT2D eigenvalue weighted by Crippen LogP contribution is -2.50. The number of imidazole rings is 1. The van der Waals surface area contributed by atoms with Gasteiger partial charge in [0.2, 0.25) is 0 Å². The van der Waals surface area contributed by atoms with Crippen LogP contribution in [0.2, 0.25) is 0 Å². The van der Waals surface area contributed by atoms with Gasteiger partial charge >= 0.3 is 0 Å². The fraction of sp³-hybridized carbons (Fsp3) is 0.727. The van der Waals surface area contributed by atoms with Crippen LogP contribution in [-0.4, -0.2) is 59.5 Å².